The zero-order valence-electron chi connectivity index (χ0n) is 17.3. The van der Waals surface area contributed by atoms with E-state index in [2.05, 4.69) is 26.0 Å². The van der Waals surface area contributed by atoms with E-state index in [1.54, 1.807) is 49.8 Å². The maximum atomic E-state index is 13.0. The summed E-state index contributed by atoms with van der Waals surface area (Å²) >= 11 is 3.26. The van der Waals surface area contributed by atoms with Crippen LogP contribution in [-0.4, -0.2) is 29.7 Å². The third-order valence-electron chi connectivity index (χ3n) is 4.95. The first-order valence-electron chi connectivity index (χ1n) is 9.58. The quantitative estimate of drug-likeness (QED) is 0.514. The second kappa shape index (κ2) is 9.21. The minimum atomic E-state index is -3.91. The lowest BCUT2D eigenvalue weighted by atomic mass is 10.2. The van der Waals surface area contributed by atoms with Gasteiger partial charge in [0.2, 0.25) is 15.9 Å². The summed E-state index contributed by atoms with van der Waals surface area (Å²) in [5.74, 6) is -0.603. The fourth-order valence-corrected chi connectivity index (χ4v) is 4.66. The van der Waals surface area contributed by atoms with Gasteiger partial charge in [-0.1, -0.05) is 41.1 Å². The van der Waals surface area contributed by atoms with Crippen LogP contribution in [0.3, 0.4) is 0 Å². The van der Waals surface area contributed by atoms with Crippen LogP contribution in [-0.2, 0) is 21.9 Å². The molecule has 1 amide bonds. The third kappa shape index (κ3) is 4.81. The molecule has 0 saturated carbocycles. The van der Waals surface area contributed by atoms with Crippen LogP contribution < -0.4 is 15.6 Å². The largest absolute Gasteiger partial charge is 0.319 e. The smallest absolute Gasteiger partial charge is 0.295 e. The van der Waals surface area contributed by atoms with Crippen molar-refractivity contribution in [1.29, 1.82) is 0 Å². The number of nitrogens with zero attached hydrogens (tertiary/aromatic N) is 2. The van der Waals surface area contributed by atoms with Crippen LogP contribution in [0.25, 0.3) is 5.69 Å². The van der Waals surface area contributed by atoms with E-state index in [-0.39, 0.29) is 17.0 Å². The van der Waals surface area contributed by atoms with Crippen LogP contribution in [0, 0.1) is 6.92 Å². The fourth-order valence-electron chi connectivity index (χ4n) is 3.11. The lowest BCUT2D eigenvalue weighted by Gasteiger charge is -2.16. The Morgan fingerprint density at radius 3 is 2.29 bits per heavy atom. The fraction of sp³-hybridized carbons (Fsp3) is 0.238. The van der Waals surface area contributed by atoms with Gasteiger partial charge in [0.1, 0.15) is 11.7 Å². The van der Waals surface area contributed by atoms with Crippen molar-refractivity contribution < 1.29 is 13.2 Å². The van der Waals surface area contributed by atoms with E-state index in [0.717, 1.165) is 4.47 Å². The number of para-hydroxylation sites is 1. The molecule has 1 heterocycles. The van der Waals surface area contributed by atoms with Gasteiger partial charge in [0.25, 0.3) is 5.56 Å². The van der Waals surface area contributed by atoms with Crippen LogP contribution in [0.1, 0.15) is 19.0 Å². The molecular weight excluding hydrogens is 484 g/mol. The van der Waals surface area contributed by atoms with Crippen LogP contribution in [0.2, 0.25) is 0 Å². The Hall–Kier alpha value is -2.69. The van der Waals surface area contributed by atoms with Gasteiger partial charge < -0.3 is 5.32 Å². The monoisotopic (exact) mass is 506 g/mol. The predicted molar refractivity (Wildman–Crippen MR) is 123 cm³/mol. The number of hydrogen-bond donors (Lipinski definition) is 2. The highest BCUT2D eigenvalue weighted by Gasteiger charge is 2.26. The summed E-state index contributed by atoms with van der Waals surface area (Å²) < 4.78 is 31.6. The molecule has 2 N–H and O–H groups in total. The van der Waals surface area contributed by atoms with Gasteiger partial charge in [0.15, 0.2) is 0 Å². The summed E-state index contributed by atoms with van der Waals surface area (Å²) in [6.45, 7) is 3.40. The molecule has 0 saturated heterocycles. The molecule has 0 aliphatic rings. The van der Waals surface area contributed by atoms with E-state index in [9.17, 15) is 18.0 Å². The second-order valence-electron chi connectivity index (χ2n) is 6.96. The van der Waals surface area contributed by atoms with Gasteiger partial charge in [0, 0.05) is 11.5 Å². The lowest BCUT2D eigenvalue weighted by Crippen LogP contribution is -2.43. The number of amides is 1. The average molecular weight is 507 g/mol. The highest BCUT2D eigenvalue weighted by atomic mass is 79.9. The van der Waals surface area contributed by atoms with Crippen molar-refractivity contribution >= 4 is 37.5 Å². The van der Waals surface area contributed by atoms with Gasteiger partial charge in [-0.2, -0.15) is 4.72 Å². The zero-order valence-corrected chi connectivity index (χ0v) is 19.7. The number of nitrogens with one attached hydrogen (secondary N) is 2. The van der Waals surface area contributed by atoms with Gasteiger partial charge in [0.05, 0.1) is 16.3 Å². The molecule has 0 radical (unpaired) electrons. The van der Waals surface area contributed by atoms with Crippen molar-refractivity contribution in [3.05, 3.63) is 75.1 Å². The molecule has 8 nitrogen and oxygen atoms in total. The van der Waals surface area contributed by atoms with Crippen molar-refractivity contribution in [2.24, 2.45) is 7.05 Å². The minimum absolute atomic E-state index is 0.0456. The summed E-state index contributed by atoms with van der Waals surface area (Å²) in [6.07, 6.45) is 0.209. The Bertz CT molecular complexity index is 1250. The Labute approximate surface area is 189 Å². The Kier molecular flexibility index (Phi) is 6.83. The maximum absolute atomic E-state index is 13.0. The van der Waals surface area contributed by atoms with E-state index < -0.39 is 27.5 Å². The van der Waals surface area contributed by atoms with Crippen molar-refractivity contribution in [2.75, 3.05) is 5.32 Å². The number of hydrogen-bond acceptors (Lipinski definition) is 4. The van der Waals surface area contributed by atoms with Crippen molar-refractivity contribution in [1.82, 2.24) is 14.1 Å². The molecule has 10 heteroatoms. The van der Waals surface area contributed by atoms with E-state index in [4.69, 9.17) is 0 Å². The topological polar surface area (TPSA) is 102 Å². The number of carbonyl (C=O) groups excluding carboxylic acids is 1. The number of halogens is 1. The van der Waals surface area contributed by atoms with Crippen molar-refractivity contribution in [3.63, 3.8) is 0 Å². The minimum Gasteiger partial charge on any atom is -0.319 e. The Morgan fingerprint density at radius 2 is 1.71 bits per heavy atom. The first kappa shape index (κ1) is 23.0. The van der Waals surface area contributed by atoms with E-state index in [1.165, 1.54) is 16.8 Å². The molecule has 1 aromatic heterocycles. The predicted octanol–water partition coefficient (Wildman–Crippen LogP) is 2.94. The van der Waals surface area contributed by atoms with Crippen molar-refractivity contribution in [2.45, 2.75) is 31.2 Å². The van der Waals surface area contributed by atoms with Crippen LogP contribution in [0.4, 0.5) is 5.69 Å². The molecule has 2 aromatic carbocycles. The van der Waals surface area contributed by atoms with Gasteiger partial charge >= 0.3 is 0 Å². The first-order chi connectivity index (χ1) is 14.7. The molecule has 3 aromatic rings. The van der Waals surface area contributed by atoms with Crippen LogP contribution >= 0.6 is 15.9 Å². The van der Waals surface area contributed by atoms with Gasteiger partial charge in [-0.3, -0.25) is 14.3 Å². The SMILES string of the molecule is CCC(NS(=O)(=O)c1ccc(Br)cc1)C(=O)Nc1c(C)n(C)n(-c2ccccc2)c1=O. The van der Waals surface area contributed by atoms with Crippen LogP contribution in [0.15, 0.2) is 68.8 Å². The van der Waals surface area contributed by atoms with E-state index in [1.807, 2.05) is 18.2 Å². The van der Waals surface area contributed by atoms with Gasteiger partial charge in [-0.25, -0.2) is 13.1 Å². The van der Waals surface area contributed by atoms with Gasteiger partial charge in [-0.05, 0) is 49.7 Å². The molecule has 164 valence electrons. The molecule has 0 aliphatic carbocycles. The maximum Gasteiger partial charge on any atom is 0.295 e. The Morgan fingerprint density at radius 1 is 1.10 bits per heavy atom. The van der Waals surface area contributed by atoms with Crippen LogP contribution in [0.5, 0.6) is 0 Å². The normalized spacial score (nSPS) is 12.5. The number of rotatable bonds is 7. The zero-order chi connectivity index (χ0) is 22.8. The number of carbonyl (C=O) groups is 1. The number of benzene rings is 2. The number of aromatic nitrogens is 2. The molecule has 3 rings (SSSR count). The molecular formula is C21H23BrN4O4S. The molecule has 0 fully saturated rings. The highest BCUT2D eigenvalue weighted by Crippen LogP contribution is 2.17. The summed E-state index contributed by atoms with van der Waals surface area (Å²) in [7, 11) is -2.20. The number of anilines is 1. The average Bonchev–Trinajstić information content (AvgIpc) is 2.96. The molecule has 0 spiro atoms. The van der Waals surface area contributed by atoms with E-state index >= 15 is 0 Å². The molecule has 0 bridgehead atoms. The summed E-state index contributed by atoms with van der Waals surface area (Å²) in [5, 5.41) is 2.62. The van der Waals surface area contributed by atoms with Gasteiger partial charge in [-0.15, -0.1) is 0 Å². The van der Waals surface area contributed by atoms with E-state index in [0.29, 0.717) is 11.4 Å². The molecule has 1 atom stereocenters. The number of sulfonamides is 1. The molecule has 31 heavy (non-hydrogen) atoms. The standard InChI is InChI=1S/C21H23BrN4O4S/c1-4-18(24-31(29,30)17-12-10-15(22)11-13-17)20(27)23-19-14(2)25(3)26(21(19)28)16-8-6-5-7-9-16/h5-13,18,24H,4H2,1-3H3,(H,23,27). The Balaban J connectivity index is 1.86. The lowest BCUT2D eigenvalue weighted by molar-refractivity contribution is -0.117. The van der Waals surface area contributed by atoms with Crippen molar-refractivity contribution in [3.8, 4) is 5.69 Å². The molecule has 1 unspecified atom stereocenters. The second-order valence-corrected chi connectivity index (χ2v) is 9.59. The summed E-state index contributed by atoms with van der Waals surface area (Å²) in [5.41, 5.74) is 0.914. The summed E-state index contributed by atoms with van der Waals surface area (Å²) in [6, 6.07) is 14.1. The first-order valence-corrected chi connectivity index (χ1v) is 11.9. The molecule has 0 aliphatic heterocycles. The third-order valence-corrected chi connectivity index (χ3v) is 6.96. The summed E-state index contributed by atoms with van der Waals surface area (Å²) in [4.78, 5) is 25.9. The highest BCUT2D eigenvalue weighted by molar-refractivity contribution is 9.10.